The number of nitriles is 1. The highest BCUT2D eigenvalue weighted by atomic mass is 16.5. The van der Waals surface area contributed by atoms with Crippen LogP contribution in [0.25, 0.3) is 10.9 Å². The lowest BCUT2D eigenvalue weighted by Gasteiger charge is -2.29. The van der Waals surface area contributed by atoms with E-state index >= 15 is 0 Å². The summed E-state index contributed by atoms with van der Waals surface area (Å²) in [7, 11) is 2.00. The summed E-state index contributed by atoms with van der Waals surface area (Å²) < 4.78 is 7.92. The molecule has 1 aliphatic carbocycles. The number of para-hydroxylation sites is 1. The Kier molecular flexibility index (Phi) is 5.43. The minimum absolute atomic E-state index is 0.00924. The molecular weight excluding hydrogens is 366 g/mol. The fourth-order valence-electron chi connectivity index (χ4n) is 3.99. The van der Waals surface area contributed by atoms with Gasteiger partial charge >= 0.3 is 0 Å². The molecule has 2 aromatic heterocycles. The quantitative estimate of drug-likeness (QED) is 0.724. The zero-order chi connectivity index (χ0) is 20.2. The lowest BCUT2D eigenvalue weighted by atomic mass is 9.92. The Morgan fingerprint density at radius 2 is 2.00 bits per heavy atom. The van der Waals surface area contributed by atoms with Crippen molar-refractivity contribution < 1.29 is 9.53 Å². The Morgan fingerprint density at radius 1 is 1.24 bits per heavy atom. The molecule has 0 unspecified atom stereocenters. The van der Waals surface area contributed by atoms with Crippen LogP contribution >= 0.6 is 0 Å². The molecular formula is C22H23N5O2. The Balaban J connectivity index is 1.30. The van der Waals surface area contributed by atoms with Gasteiger partial charge in [0.25, 0.3) is 5.88 Å². The van der Waals surface area contributed by atoms with Gasteiger partial charge in [0, 0.05) is 42.6 Å². The van der Waals surface area contributed by atoms with Crippen LogP contribution in [0.3, 0.4) is 0 Å². The van der Waals surface area contributed by atoms with Crippen LogP contribution < -0.4 is 10.1 Å². The molecule has 4 rings (SSSR count). The van der Waals surface area contributed by atoms with E-state index in [0.717, 1.165) is 42.1 Å². The number of nitrogens with zero attached hydrogens (tertiary/aromatic N) is 4. The number of amides is 1. The average Bonchev–Trinajstić information content (AvgIpc) is 3.05. The first kappa shape index (κ1) is 18.9. The molecule has 1 aromatic carbocycles. The van der Waals surface area contributed by atoms with Crippen molar-refractivity contribution in [2.24, 2.45) is 7.05 Å². The molecule has 0 radical (unpaired) electrons. The smallest absolute Gasteiger partial charge is 0.251 e. The Hall–Kier alpha value is -3.40. The average molecular weight is 389 g/mol. The number of aromatic nitrogens is 3. The number of carbonyl (C=O) groups excluding carboxylic acids is 1. The molecule has 29 heavy (non-hydrogen) atoms. The first-order valence-corrected chi connectivity index (χ1v) is 9.84. The van der Waals surface area contributed by atoms with Crippen LogP contribution in [0.1, 0.15) is 36.9 Å². The summed E-state index contributed by atoms with van der Waals surface area (Å²) in [6.07, 6.45) is 8.70. The molecule has 0 bridgehead atoms. The second kappa shape index (κ2) is 8.31. The fourth-order valence-corrected chi connectivity index (χ4v) is 3.99. The monoisotopic (exact) mass is 389 g/mol. The van der Waals surface area contributed by atoms with E-state index in [0.29, 0.717) is 12.3 Å². The van der Waals surface area contributed by atoms with Crippen LogP contribution in [0.5, 0.6) is 5.88 Å². The summed E-state index contributed by atoms with van der Waals surface area (Å²) in [6, 6.07) is 10.3. The molecule has 0 saturated heterocycles. The van der Waals surface area contributed by atoms with Gasteiger partial charge in [-0.3, -0.25) is 4.79 Å². The van der Waals surface area contributed by atoms with Crippen LogP contribution in [-0.4, -0.2) is 32.6 Å². The van der Waals surface area contributed by atoms with Gasteiger partial charge in [-0.25, -0.2) is 9.97 Å². The summed E-state index contributed by atoms with van der Waals surface area (Å²) in [5.41, 5.74) is 2.39. The zero-order valence-corrected chi connectivity index (χ0v) is 16.3. The number of hydrogen-bond acceptors (Lipinski definition) is 5. The van der Waals surface area contributed by atoms with Crippen molar-refractivity contribution in [2.75, 3.05) is 0 Å². The molecule has 0 aliphatic heterocycles. The van der Waals surface area contributed by atoms with E-state index in [9.17, 15) is 4.79 Å². The highest BCUT2D eigenvalue weighted by molar-refractivity contribution is 5.89. The summed E-state index contributed by atoms with van der Waals surface area (Å²) >= 11 is 0. The molecule has 0 atom stereocenters. The van der Waals surface area contributed by atoms with Gasteiger partial charge in [0.05, 0.1) is 6.42 Å². The molecule has 1 aliphatic rings. The van der Waals surface area contributed by atoms with Crippen molar-refractivity contribution in [3.05, 3.63) is 54.1 Å². The van der Waals surface area contributed by atoms with Crippen LogP contribution in [0.15, 0.2) is 42.9 Å². The zero-order valence-electron chi connectivity index (χ0n) is 16.3. The number of carbonyl (C=O) groups is 1. The molecule has 1 amide bonds. The molecule has 2 heterocycles. The van der Waals surface area contributed by atoms with Crippen molar-refractivity contribution in [1.29, 1.82) is 5.26 Å². The van der Waals surface area contributed by atoms with Crippen molar-refractivity contribution in [2.45, 2.75) is 44.2 Å². The van der Waals surface area contributed by atoms with E-state index in [1.165, 1.54) is 12.4 Å². The van der Waals surface area contributed by atoms with Gasteiger partial charge in [0.2, 0.25) is 11.6 Å². The predicted molar refractivity (Wildman–Crippen MR) is 108 cm³/mol. The lowest BCUT2D eigenvalue weighted by molar-refractivity contribution is -0.121. The van der Waals surface area contributed by atoms with Gasteiger partial charge in [0.15, 0.2) is 0 Å². The number of ether oxygens (including phenoxy) is 1. The summed E-state index contributed by atoms with van der Waals surface area (Å²) in [4.78, 5) is 20.7. The molecule has 1 fully saturated rings. The van der Waals surface area contributed by atoms with Gasteiger partial charge in [-0.1, -0.05) is 18.2 Å². The van der Waals surface area contributed by atoms with Crippen molar-refractivity contribution in [1.82, 2.24) is 19.9 Å². The second-order valence-corrected chi connectivity index (χ2v) is 7.44. The maximum atomic E-state index is 12.6. The van der Waals surface area contributed by atoms with E-state index < -0.39 is 0 Å². The van der Waals surface area contributed by atoms with Crippen LogP contribution in [0.2, 0.25) is 0 Å². The topological polar surface area (TPSA) is 92.8 Å². The number of fused-ring (bicyclic) bond motifs is 1. The van der Waals surface area contributed by atoms with Crippen LogP contribution in [0.4, 0.5) is 0 Å². The van der Waals surface area contributed by atoms with Gasteiger partial charge in [-0.05, 0) is 37.3 Å². The van der Waals surface area contributed by atoms with Crippen LogP contribution in [-0.2, 0) is 18.3 Å². The molecule has 3 aromatic rings. The van der Waals surface area contributed by atoms with Gasteiger partial charge < -0.3 is 14.6 Å². The molecule has 0 spiro atoms. The van der Waals surface area contributed by atoms with Gasteiger partial charge in [0.1, 0.15) is 12.2 Å². The minimum Gasteiger partial charge on any atom is -0.472 e. The highest BCUT2D eigenvalue weighted by Gasteiger charge is 2.25. The van der Waals surface area contributed by atoms with Crippen LogP contribution in [0, 0.1) is 11.3 Å². The maximum Gasteiger partial charge on any atom is 0.251 e. The maximum absolute atomic E-state index is 12.6. The number of aryl methyl sites for hydroxylation is 1. The first-order chi connectivity index (χ1) is 14.1. The normalized spacial score (nSPS) is 18.9. The van der Waals surface area contributed by atoms with Crippen molar-refractivity contribution >= 4 is 16.8 Å². The lowest BCUT2D eigenvalue weighted by Crippen LogP contribution is -2.40. The van der Waals surface area contributed by atoms with E-state index in [4.69, 9.17) is 10.00 Å². The molecule has 1 N–H and O–H groups in total. The number of hydrogen-bond donors (Lipinski definition) is 1. The third-order valence-electron chi connectivity index (χ3n) is 5.42. The predicted octanol–water partition coefficient (Wildman–Crippen LogP) is 2.89. The summed E-state index contributed by atoms with van der Waals surface area (Å²) in [5, 5.41) is 13.4. The number of nitrogens with one attached hydrogen (secondary N) is 1. The van der Waals surface area contributed by atoms with Gasteiger partial charge in [-0.15, -0.1) is 0 Å². The van der Waals surface area contributed by atoms with E-state index in [2.05, 4.69) is 32.0 Å². The Labute approximate surface area is 169 Å². The fraction of sp³-hybridized carbons (Fsp3) is 0.364. The second-order valence-electron chi connectivity index (χ2n) is 7.44. The SMILES string of the molecule is Cn1cc(CC(=O)NC2CCC(Oc3nccnc3C#N)CC2)c2ccccc21. The molecule has 7 heteroatoms. The number of rotatable bonds is 5. The number of benzene rings is 1. The highest BCUT2D eigenvalue weighted by Crippen LogP contribution is 2.25. The standard InChI is InChI=1S/C22H23N5O2/c1-27-14-15(18-4-2-3-5-20(18)27)12-21(28)26-16-6-8-17(9-7-16)29-22-19(13-23)24-10-11-25-22/h2-5,10-11,14,16-17H,6-9,12H2,1H3,(H,26,28). The minimum atomic E-state index is -0.00924. The third-order valence-corrected chi connectivity index (χ3v) is 5.42. The Bertz CT molecular complexity index is 1060. The van der Waals surface area contributed by atoms with Crippen molar-refractivity contribution in [3.8, 4) is 11.9 Å². The molecule has 7 nitrogen and oxygen atoms in total. The molecule has 1 saturated carbocycles. The van der Waals surface area contributed by atoms with Gasteiger partial charge in [-0.2, -0.15) is 5.26 Å². The van der Waals surface area contributed by atoms with E-state index in [-0.39, 0.29) is 23.7 Å². The Morgan fingerprint density at radius 3 is 2.79 bits per heavy atom. The largest absolute Gasteiger partial charge is 0.472 e. The van der Waals surface area contributed by atoms with E-state index in [1.54, 1.807) is 0 Å². The summed E-state index contributed by atoms with van der Waals surface area (Å²) in [5.74, 6) is 0.338. The van der Waals surface area contributed by atoms with Crippen molar-refractivity contribution in [3.63, 3.8) is 0 Å². The first-order valence-electron chi connectivity index (χ1n) is 9.84. The molecule has 148 valence electrons. The third kappa shape index (κ3) is 4.21. The van der Waals surface area contributed by atoms with E-state index in [1.807, 2.05) is 31.4 Å². The summed E-state index contributed by atoms with van der Waals surface area (Å²) in [6.45, 7) is 0.